The van der Waals surface area contributed by atoms with Crippen LogP contribution in [0, 0.1) is 10.1 Å². The van der Waals surface area contributed by atoms with Gasteiger partial charge in [-0.3, -0.25) is 39.1 Å². The Morgan fingerprint density at radius 2 is 1.78 bits per heavy atom. The van der Waals surface area contributed by atoms with E-state index in [4.69, 9.17) is 22.9 Å². The third-order valence-corrected chi connectivity index (χ3v) is 7.73. The Morgan fingerprint density at radius 1 is 1.08 bits per heavy atom. The second-order valence-corrected chi connectivity index (χ2v) is 11.6. The summed E-state index contributed by atoms with van der Waals surface area (Å²) in [5, 5.41) is 28.6. The molecule has 0 aliphatic carbocycles. The number of nitrogens with zero attached hydrogens (tertiary/aromatic N) is 3. The number of phenolic OH excluding ortho intramolecular Hbond substituents is 1. The van der Waals surface area contributed by atoms with Gasteiger partial charge in [0.15, 0.2) is 11.7 Å². The average Bonchev–Trinajstić information content (AvgIpc) is 3.55. The monoisotopic (exact) mass is 682 g/mol. The molecule has 18 heteroatoms. The van der Waals surface area contributed by atoms with Gasteiger partial charge in [-0.2, -0.15) is 0 Å². The molecule has 3 unspecified atom stereocenters. The molecule has 0 aromatic heterocycles. The van der Waals surface area contributed by atoms with Gasteiger partial charge in [0.1, 0.15) is 17.8 Å². The summed E-state index contributed by atoms with van der Waals surface area (Å²) in [6.45, 7) is 1.32. The summed E-state index contributed by atoms with van der Waals surface area (Å²) in [6, 6.07) is 5.44. The smallest absolute Gasteiger partial charge is 0.270 e. The standard InChI is InChI=1S/C31H42N10O8/c1-17(32)30(47)40-13-3-5-25(40)29(46)38-23-11-8-19(41(48)49)15-21(23)26(43)16-37-28(45)24(4-2-12-36-31(34)35)39-27(44)22(33)14-18-6-9-20(42)10-7-18/h6-11,15,17,22,24-25,42H,2-5,12-14,16,32-33H2,1H3,(H,37,45)(H,38,46)(H,39,44)(H4,34,35,36)/t17?,22?,24?,25-/m0/s1. The van der Waals surface area contributed by atoms with Crippen molar-refractivity contribution in [1.29, 1.82) is 0 Å². The molecule has 1 aliphatic rings. The van der Waals surface area contributed by atoms with Crippen LogP contribution in [0.4, 0.5) is 11.4 Å². The van der Waals surface area contributed by atoms with E-state index in [9.17, 15) is 39.2 Å². The van der Waals surface area contributed by atoms with E-state index in [2.05, 4.69) is 20.9 Å². The van der Waals surface area contributed by atoms with Crippen molar-refractivity contribution in [2.45, 2.75) is 63.2 Å². The lowest BCUT2D eigenvalue weighted by atomic mass is 10.0. The van der Waals surface area contributed by atoms with E-state index in [-0.39, 0.29) is 48.8 Å². The van der Waals surface area contributed by atoms with Crippen molar-refractivity contribution in [2.75, 3.05) is 25.0 Å². The molecule has 1 saturated heterocycles. The molecule has 0 spiro atoms. The number of amides is 4. The van der Waals surface area contributed by atoms with Crippen LogP contribution in [0.3, 0.4) is 0 Å². The Kier molecular flexibility index (Phi) is 13.5. The van der Waals surface area contributed by atoms with E-state index in [1.165, 1.54) is 30.0 Å². The zero-order valence-electron chi connectivity index (χ0n) is 27.0. The molecule has 4 amide bonds. The molecule has 1 aliphatic heterocycles. The molecule has 12 N–H and O–H groups in total. The molecule has 4 atom stereocenters. The highest BCUT2D eigenvalue weighted by Gasteiger charge is 2.36. The first kappa shape index (κ1) is 37.8. The lowest BCUT2D eigenvalue weighted by Gasteiger charge is -2.25. The van der Waals surface area contributed by atoms with Gasteiger partial charge in [0.2, 0.25) is 23.6 Å². The van der Waals surface area contributed by atoms with E-state index >= 15 is 0 Å². The maximum atomic E-state index is 13.4. The molecule has 0 bridgehead atoms. The van der Waals surface area contributed by atoms with Crippen LogP contribution in [0.15, 0.2) is 47.5 Å². The van der Waals surface area contributed by atoms with Crippen molar-refractivity contribution in [3.63, 3.8) is 0 Å². The van der Waals surface area contributed by atoms with Crippen molar-refractivity contribution in [1.82, 2.24) is 15.5 Å². The number of hydrogen-bond donors (Lipinski definition) is 8. The summed E-state index contributed by atoms with van der Waals surface area (Å²) in [5.41, 5.74) is 22.4. The number of carbonyl (C=O) groups excluding carboxylic acids is 5. The van der Waals surface area contributed by atoms with Gasteiger partial charge in [-0.15, -0.1) is 0 Å². The number of nitro benzene ring substituents is 1. The fourth-order valence-corrected chi connectivity index (χ4v) is 5.18. The van der Waals surface area contributed by atoms with Crippen LogP contribution in [0.25, 0.3) is 0 Å². The number of Topliss-reactive ketones (excluding diaryl/α,β-unsaturated/α-hetero) is 1. The van der Waals surface area contributed by atoms with Crippen LogP contribution in [-0.4, -0.2) is 94.1 Å². The number of phenols is 1. The average molecular weight is 683 g/mol. The number of rotatable bonds is 16. The highest BCUT2D eigenvalue weighted by atomic mass is 16.6. The fraction of sp³-hybridized carbons (Fsp3) is 0.419. The normalized spacial score (nSPS) is 15.7. The number of anilines is 1. The third-order valence-electron chi connectivity index (χ3n) is 7.73. The number of aliphatic imine (C=N–C) groups is 1. The van der Waals surface area contributed by atoms with E-state index in [0.717, 1.165) is 12.1 Å². The Balaban J connectivity index is 1.74. The summed E-state index contributed by atoms with van der Waals surface area (Å²) in [7, 11) is 0. The molecule has 2 aromatic carbocycles. The second-order valence-electron chi connectivity index (χ2n) is 11.6. The molecule has 3 rings (SSSR count). The van der Waals surface area contributed by atoms with Crippen LogP contribution in [0.5, 0.6) is 5.75 Å². The van der Waals surface area contributed by atoms with Gasteiger partial charge in [-0.25, -0.2) is 0 Å². The van der Waals surface area contributed by atoms with Gasteiger partial charge in [0, 0.05) is 30.8 Å². The Labute approximate surface area is 281 Å². The molecule has 49 heavy (non-hydrogen) atoms. The zero-order chi connectivity index (χ0) is 36.2. The third kappa shape index (κ3) is 11.0. The van der Waals surface area contributed by atoms with Crippen LogP contribution >= 0.6 is 0 Å². The molecular weight excluding hydrogens is 640 g/mol. The van der Waals surface area contributed by atoms with E-state index in [1.54, 1.807) is 12.1 Å². The highest BCUT2D eigenvalue weighted by Crippen LogP contribution is 2.25. The lowest BCUT2D eigenvalue weighted by Crippen LogP contribution is -2.52. The van der Waals surface area contributed by atoms with Gasteiger partial charge < -0.3 is 48.9 Å². The predicted octanol–water partition coefficient (Wildman–Crippen LogP) is -1.02. The molecular formula is C31H42N10O8. The number of likely N-dealkylation sites (tertiary alicyclic amines) is 1. The summed E-state index contributed by atoms with van der Waals surface area (Å²) in [6.07, 6.45) is 1.34. The van der Waals surface area contributed by atoms with Crippen molar-refractivity contribution in [2.24, 2.45) is 27.9 Å². The number of nitrogens with two attached hydrogens (primary N) is 4. The number of nitro groups is 1. The van der Waals surface area contributed by atoms with Crippen molar-refractivity contribution >= 4 is 46.7 Å². The number of non-ortho nitro benzene ring substituents is 1. The van der Waals surface area contributed by atoms with Crippen molar-refractivity contribution < 1.29 is 34.0 Å². The van der Waals surface area contributed by atoms with Crippen molar-refractivity contribution in [3.05, 3.63) is 63.7 Å². The Bertz CT molecular complexity index is 1580. The molecule has 1 fully saturated rings. The zero-order valence-corrected chi connectivity index (χ0v) is 27.0. The second kappa shape index (κ2) is 17.5. The number of nitrogens with one attached hydrogen (secondary N) is 3. The van der Waals surface area contributed by atoms with Gasteiger partial charge in [0.25, 0.3) is 5.69 Å². The number of ketones is 1. The molecule has 1 heterocycles. The fourth-order valence-electron chi connectivity index (χ4n) is 5.18. The van der Waals surface area contributed by atoms with Crippen molar-refractivity contribution in [3.8, 4) is 5.75 Å². The number of guanidine groups is 1. The molecule has 2 aromatic rings. The van der Waals surface area contributed by atoms with Crippen LogP contribution < -0.4 is 38.9 Å². The van der Waals surface area contributed by atoms with E-state index < -0.39 is 70.7 Å². The first-order valence-electron chi connectivity index (χ1n) is 15.5. The molecule has 264 valence electrons. The molecule has 0 radical (unpaired) electrons. The quantitative estimate of drug-likeness (QED) is 0.0264. The summed E-state index contributed by atoms with van der Waals surface area (Å²) >= 11 is 0. The highest BCUT2D eigenvalue weighted by molar-refractivity contribution is 6.08. The minimum atomic E-state index is -1.17. The SMILES string of the molecule is CC(N)C(=O)N1CCC[C@H]1C(=O)Nc1ccc([N+](=O)[O-])cc1C(=O)CNC(=O)C(CCCN=C(N)N)NC(=O)C(N)Cc1ccc(O)cc1. The van der Waals surface area contributed by atoms with Gasteiger partial charge in [0.05, 0.1) is 29.2 Å². The first-order valence-corrected chi connectivity index (χ1v) is 15.5. The van der Waals surface area contributed by atoms with Crippen LogP contribution in [0.1, 0.15) is 48.5 Å². The lowest BCUT2D eigenvalue weighted by molar-refractivity contribution is -0.384. The summed E-state index contributed by atoms with van der Waals surface area (Å²) < 4.78 is 0. The molecule has 0 saturated carbocycles. The number of hydrogen-bond acceptors (Lipinski definition) is 11. The minimum Gasteiger partial charge on any atom is -0.508 e. The minimum absolute atomic E-state index is 0.0440. The van der Waals surface area contributed by atoms with Gasteiger partial charge in [-0.05, 0) is 62.8 Å². The largest absolute Gasteiger partial charge is 0.508 e. The predicted molar refractivity (Wildman–Crippen MR) is 179 cm³/mol. The van der Waals surface area contributed by atoms with Gasteiger partial charge >= 0.3 is 0 Å². The maximum Gasteiger partial charge on any atom is 0.270 e. The number of carbonyl (C=O) groups is 5. The van der Waals surface area contributed by atoms with E-state index in [0.29, 0.717) is 24.9 Å². The number of aromatic hydroxyl groups is 1. The Morgan fingerprint density at radius 3 is 2.41 bits per heavy atom. The summed E-state index contributed by atoms with van der Waals surface area (Å²) in [4.78, 5) is 81.3. The van der Waals surface area contributed by atoms with Crippen LogP contribution in [0.2, 0.25) is 0 Å². The summed E-state index contributed by atoms with van der Waals surface area (Å²) in [5.74, 6) is -3.33. The number of benzene rings is 2. The van der Waals surface area contributed by atoms with Crippen LogP contribution in [-0.2, 0) is 25.6 Å². The topological polar surface area (TPSA) is 304 Å². The first-order chi connectivity index (χ1) is 23.2. The maximum absolute atomic E-state index is 13.4. The van der Waals surface area contributed by atoms with Gasteiger partial charge in [-0.1, -0.05) is 12.1 Å². The van der Waals surface area contributed by atoms with E-state index in [1.807, 2.05) is 0 Å². The molecule has 18 nitrogen and oxygen atoms in total. The Hall–Kier alpha value is -5.62.